The summed E-state index contributed by atoms with van der Waals surface area (Å²) >= 11 is 0. The fourth-order valence-corrected chi connectivity index (χ4v) is 1.30. The Balaban J connectivity index is 2.98. The maximum Gasteiger partial charge on any atom is 0.126 e. The van der Waals surface area contributed by atoms with E-state index in [9.17, 15) is 0 Å². The highest BCUT2D eigenvalue weighted by Crippen LogP contribution is 2.21. The van der Waals surface area contributed by atoms with Crippen LogP contribution in [-0.2, 0) is 4.74 Å². The van der Waals surface area contributed by atoms with Gasteiger partial charge in [-0.2, -0.15) is 0 Å². The predicted molar refractivity (Wildman–Crippen MR) is 65.5 cm³/mol. The molecular formula is C14H16O. The smallest absolute Gasteiger partial charge is 0.126 e. The summed E-state index contributed by atoms with van der Waals surface area (Å²) in [5.41, 5.74) is 3.17. The van der Waals surface area contributed by atoms with Crippen molar-refractivity contribution in [2.45, 2.75) is 6.92 Å². The van der Waals surface area contributed by atoms with Gasteiger partial charge in [-0.3, -0.25) is 0 Å². The van der Waals surface area contributed by atoms with E-state index in [1.165, 1.54) is 5.56 Å². The van der Waals surface area contributed by atoms with E-state index in [0.29, 0.717) is 0 Å². The molecule has 1 aromatic carbocycles. The molecular weight excluding hydrogens is 184 g/mol. The Labute approximate surface area is 91.4 Å². The van der Waals surface area contributed by atoms with E-state index in [2.05, 4.69) is 32.2 Å². The van der Waals surface area contributed by atoms with Crippen molar-refractivity contribution in [3.05, 3.63) is 66.5 Å². The predicted octanol–water partition coefficient (Wildman–Crippen LogP) is 3.72. The largest absolute Gasteiger partial charge is 0.496 e. The number of methoxy groups -OCH3 is 1. The highest BCUT2D eigenvalue weighted by Gasteiger charge is 2.04. The van der Waals surface area contributed by atoms with Crippen LogP contribution in [0, 0.1) is 6.92 Å². The molecule has 78 valence electrons. The summed E-state index contributed by atoms with van der Waals surface area (Å²) in [6.07, 6.45) is 3.50. The van der Waals surface area contributed by atoms with Crippen LogP contribution in [0.25, 0.3) is 5.57 Å². The van der Waals surface area contributed by atoms with Gasteiger partial charge in [0.25, 0.3) is 0 Å². The number of allylic oxidation sites excluding steroid dienone is 3. The summed E-state index contributed by atoms with van der Waals surface area (Å²) in [6, 6.07) is 8.19. The molecule has 1 heteroatoms. The van der Waals surface area contributed by atoms with Gasteiger partial charge in [-0.15, -0.1) is 0 Å². The van der Waals surface area contributed by atoms with Crippen molar-refractivity contribution in [2.24, 2.45) is 0 Å². The molecule has 0 aliphatic rings. The van der Waals surface area contributed by atoms with Crippen LogP contribution >= 0.6 is 0 Å². The number of hydrogen-bond acceptors (Lipinski definition) is 1. The lowest BCUT2D eigenvalue weighted by Crippen LogP contribution is -1.91. The third kappa shape index (κ3) is 2.84. The highest BCUT2D eigenvalue weighted by molar-refractivity contribution is 5.75. The number of ether oxygens (including phenoxy) is 1. The molecule has 0 aliphatic heterocycles. The highest BCUT2D eigenvalue weighted by atomic mass is 16.5. The zero-order valence-corrected chi connectivity index (χ0v) is 9.29. The van der Waals surface area contributed by atoms with Gasteiger partial charge in [0.2, 0.25) is 0 Å². The first-order chi connectivity index (χ1) is 7.19. The van der Waals surface area contributed by atoms with Crippen LogP contribution in [0.4, 0.5) is 0 Å². The Morgan fingerprint density at radius 1 is 1.27 bits per heavy atom. The minimum atomic E-state index is 0.744. The fourth-order valence-electron chi connectivity index (χ4n) is 1.30. The molecule has 0 saturated heterocycles. The molecule has 0 heterocycles. The maximum absolute atomic E-state index is 5.23. The van der Waals surface area contributed by atoms with Crippen molar-refractivity contribution in [1.29, 1.82) is 0 Å². The average Bonchev–Trinajstić information content (AvgIpc) is 2.26. The Bertz CT molecular complexity index is 382. The molecule has 15 heavy (non-hydrogen) atoms. The van der Waals surface area contributed by atoms with Gasteiger partial charge in [0.05, 0.1) is 7.11 Å². The van der Waals surface area contributed by atoms with Crippen LogP contribution in [0.1, 0.15) is 11.1 Å². The van der Waals surface area contributed by atoms with Gasteiger partial charge in [-0.05, 0) is 18.6 Å². The van der Waals surface area contributed by atoms with E-state index in [1.54, 1.807) is 13.2 Å². The first-order valence-electron chi connectivity index (χ1n) is 4.82. The second-order valence-corrected chi connectivity index (χ2v) is 3.32. The van der Waals surface area contributed by atoms with Crippen LogP contribution in [-0.4, -0.2) is 7.11 Å². The average molecular weight is 200 g/mol. The maximum atomic E-state index is 5.23. The summed E-state index contributed by atoms with van der Waals surface area (Å²) in [5.74, 6) is 0.744. The molecule has 1 rings (SSSR count). The first kappa shape index (κ1) is 11.3. The minimum Gasteiger partial charge on any atom is -0.496 e. The standard InChI is InChI=1S/C14H16O/c1-5-6-14(15-4)12(3)13-9-7-11(2)8-10-13/h5-10H,1,3H2,2,4H3/b14-6+. The van der Waals surface area contributed by atoms with Crippen molar-refractivity contribution in [2.75, 3.05) is 7.11 Å². The zero-order valence-electron chi connectivity index (χ0n) is 9.29. The summed E-state index contributed by atoms with van der Waals surface area (Å²) in [6.45, 7) is 9.70. The van der Waals surface area contributed by atoms with Gasteiger partial charge < -0.3 is 4.74 Å². The summed E-state index contributed by atoms with van der Waals surface area (Å²) in [7, 11) is 1.63. The van der Waals surface area contributed by atoms with E-state index in [1.807, 2.05) is 18.2 Å². The Morgan fingerprint density at radius 2 is 1.87 bits per heavy atom. The number of hydrogen-bond donors (Lipinski definition) is 0. The molecule has 1 aromatic rings. The SMILES string of the molecule is C=C/C=C(/OC)C(=C)c1ccc(C)cc1. The minimum absolute atomic E-state index is 0.744. The molecule has 0 saturated carbocycles. The molecule has 0 amide bonds. The summed E-state index contributed by atoms with van der Waals surface area (Å²) in [5, 5.41) is 0. The second kappa shape index (κ2) is 5.20. The summed E-state index contributed by atoms with van der Waals surface area (Å²) < 4.78 is 5.23. The van der Waals surface area contributed by atoms with Crippen molar-refractivity contribution in [3.63, 3.8) is 0 Å². The van der Waals surface area contributed by atoms with Gasteiger partial charge in [0.1, 0.15) is 5.76 Å². The molecule has 0 aliphatic carbocycles. The Kier molecular flexibility index (Phi) is 3.92. The molecule has 0 N–H and O–H groups in total. The molecule has 0 fully saturated rings. The van der Waals surface area contributed by atoms with E-state index in [0.717, 1.165) is 16.9 Å². The molecule has 0 spiro atoms. The van der Waals surface area contributed by atoms with Crippen LogP contribution in [0.5, 0.6) is 0 Å². The van der Waals surface area contributed by atoms with Crippen LogP contribution in [0.2, 0.25) is 0 Å². The van der Waals surface area contributed by atoms with Gasteiger partial charge in [0, 0.05) is 5.57 Å². The lowest BCUT2D eigenvalue weighted by atomic mass is 10.0. The van der Waals surface area contributed by atoms with Gasteiger partial charge >= 0.3 is 0 Å². The second-order valence-electron chi connectivity index (χ2n) is 3.32. The third-order valence-electron chi connectivity index (χ3n) is 2.19. The Hall–Kier alpha value is -1.76. The normalized spacial score (nSPS) is 10.9. The van der Waals surface area contributed by atoms with Crippen molar-refractivity contribution in [1.82, 2.24) is 0 Å². The Morgan fingerprint density at radius 3 is 2.33 bits per heavy atom. The van der Waals surface area contributed by atoms with Crippen LogP contribution in [0.15, 0.2) is 55.3 Å². The number of rotatable bonds is 4. The van der Waals surface area contributed by atoms with E-state index >= 15 is 0 Å². The zero-order chi connectivity index (χ0) is 11.3. The number of aryl methyl sites for hydroxylation is 1. The van der Waals surface area contributed by atoms with Crippen LogP contribution < -0.4 is 0 Å². The molecule has 0 atom stereocenters. The van der Waals surface area contributed by atoms with Gasteiger partial charge in [0.15, 0.2) is 0 Å². The van der Waals surface area contributed by atoms with Gasteiger partial charge in [-0.25, -0.2) is 0 Å². The van der Waals surface area contributed by atoms with Gasteiger partial charge in [-0.1, -0.05) is 49.1 Å². The molecule has 0 aromatic heterocycles. The van der Waals surface area contributed by atoms with Crippen molar-refractivity contribution in [3.8, 4) is 0 Å². The molecule has 0 unspecified atom stereocenters. The molecule has 0 bridgehead atoms. The van der Waals surface area contributed by atoms with Crippen molar-refractivity contribution >= 4 is 5.57 Å². The quantitative estimate of drug-likeness (QED) is 0.531. The lowest BCUT2D eigenvalue weighted by Gasteiger charge is -2.09. The molecule has 1 nitrogen and oxygen atoms in total. The summed E-state index contributed by atoms with van der Waals surface area (Å²) in [4.78, 5) is 0. The fraction of sp³-hybridized carbons (Fsp3) is 0.143. The third-order valence-corrected chi connectivity index (χ3v) is 2.19. The molecule has 0 radical (unpaired) electrons. The first-order valence-corrected chi connectivity index (χ1v) is 4.82. The van der Waals surface area contributed by atoms with E-state index in [4.69, 9.17) is 4.74 Å². The topological polar surface area (TPSA) is 9.23 Å². The number of benzene rings is 1. The van der Waals surface area contributed by atoms with Crippen molar-refractivity contribution < 1.29 is 4.74 Å². The monoisotopic (exact) mass is 200 g/mol. The van der Waals surface area contributed by atoms with E-state index in [-0.39, 0.29) is 0 Å². The van der Waals surface area contributed by atoms with E-state index < -0.39 is 0 Å². The van der Waals surface area contributed by atoms with Crippen LogP contribution in [0.3, 0.4) is 0 Å². The lowest BCUT2D eigenvalue weighted by molar-refractivity contribution is 0.311.